The van der Waals surface area contributed by atoms with Gasteiger partial charge in [0.05, 0.1) is 6.61 Å². The van der Waals surface area contributed by atoms with Crippen molar-refractivity contribution >= 4 is 17.6 Å². The monoisotopic (exact) mass is 446 g/mol. The van der Waals surface area contributed by atoms with Crippen molar-refractivity contribution in [1.82, 2.24) is 0 Å². The van der Waals surface area contributed by atoms with Crippen LogP contribution in [0.2, 0.25) is 13.1 Å². The molecule has 0 aromatic heterocycles. The van der Waals surface area contributed by atoms with Crippen molar-refractivity contribution in [3.63, 3.8) is 0 Å². The van der Waals surface area contributed by atoms with Crippen molar-refractivity contribution < 1.29 is 41.1 Å². The highest BCUT2D eigenvalue weighted by atomic mass is 28.4. The Morgan fingerprint density at radius 3 is 1.25 bits per heavy atom. The molecule has 0 aliphatic heterocycles. The standard InChI is InChI=1S/C10H24O5Si.C7H18O4Si/c1-6-11-10(12-7-2)15-16(5,13-8-3)14-9-4;1-5-8-11-12(4,9-6-2)10-7-3/h10H,6-9H2,1-5H3;5-7H2,1-4H3. The lowest BCUT2D eigenvalue weighted by atomic mass is 10.8. The first kappa shape index (κ1) is 30.3. The molecule has 0 amide bonds. The minimum atomic E-state index is -2.64. The Bertz CT molecular complexity index is 320. The van der Waals surface area contributed by atoms with Crippen LogP contribution in [0.15, 0.2) is 0 Å². The highest BCUT2D eigenvalue weighted by Gasteiger charge is 2.38. The summed E-state index contributed by atoms with van der Waals surface area (Å²) < 4.78 is 43.0. The molecule has 0 spiro atoms. The van der Waals surface area contributed by atoms with Crippen molar-refractivity contribution in [1.29, 1.82) is 0 Å². The van der Waals surface area contributed by atoms with Gasteiger partial charge in [0.15, 0.2) is 0 Å². The van der Waals surface area contributed by atoms with E-state index in [2.05, 4.69) is 0 Å². The van der Waals surface area contributed by atoms with Crippen molar-refractivity contribution in [3.8, 4) is 0 Å². The van der Waals surface area contributed by atoms with E-state index in [9.17, 15) is 0 Å². The van der Waals surface area contributed by atoms with Gasteiger partial charge in [-0.15, -0.1) is 0 Å². The Morgan fingerprint density at radius 1 is 0.536 bits per heavy atom. The third kappa shape index (κ3) is 15.9. The second-order valence-electron chi connectivity index (χ2n) is 5.26. The van der Waals surface area contributed by atoms with Crippen LogP contribution in [0.3, 0.4) is 0 Å². The lowest BCUT2D eigenvalue weighted by molar-refractivity contribution is -0.261. The highest BCUT2D eigenvalue weighted by molar-refractivity contribution is 6.59. The smallest absolute Gasteiger partial charge is 0.374 e. The van der Waals surface area contributed by atoms with Crippen LogP contribution in [0.4, 0.5) is 0 Å². The van der Waals surface area contributed by atoms with Gasteiger partial charge in [-0.2, -0.15) is 0 Å². The molecule has 0 saturated carbocycles. The first-order chi connectivity index (χ1) is 13.3. The van der Waals surface area contributed by atoms with Gasteiger partial charge in [0.25, 0.3) is 6.48 Å². The molecular weight excluding hydrogens is 404 g/mol. The van der Waals surface area contributed by atoms with E-state index in [1.54, 1.807) is 0 Å². The van der Waals surface area contributed by atoms with Crippen molar-refractivity contribution in [2.75, 3.05) is 46.2 Å². The van der Waals surface area contributed by atoms with Crippen molar-refractivity contribution in [2.45, 2.75) is 68.0 Å². The fourth-order valence-electron chi connectivity index (χ4n) is 1.98. The zero-order valence-electron chi connectivity index (χ0n) is 19.2. The summed E-state index contributed by atoms with van der Waals surface area (Å²) in [4.78, 5) is 4.82. The van der Waals surface area contributed by atoms with Gasteiger partial charge >= 0.3 is 17.6 Å². The van der Waals surface area contributed by atoms with Gasteiger partial charge in [0.2, 0.25) is 0 Å². The van der Waals surface area contributed by atoms with E-state index >= 15 is 0 Å². The van der Waals surface area contributed by atoms with Gasteiger partial charge in [0, 0.05) is 52.7 Å². The third-order valence-electron chi connectivity index (χ3n) is 2.87. The lowest BCUT2D eigenvalue weighted by Gasteiger charge is -2.29. The molecule has 0 atom stereocenters. The lowest BCUT2D eigenvalue weighted by Crippen LogP contribution is -2.47. The van der Waals surface area contributed by atoms with Crippen LogP contribution in [0.1, 0.15) is 48.5 Å². The minimum Gasteiger partial charge on any atom is -0.374 e. The summed E-state index contributed by atoms with van der Waals surface area (Å²) in [5.41, 5.74) is 0. The number of rotatable bonds is 17. The van der Waals surface area contributed by atoms with Crippen LogP contribution in [-0.2, 0) is 41.1 Å². The predicted molar refractivity (Wildman–Crippen MR) is 111 cm³/mol. The maximum absolute atomic E-state index is 5.65. The molecule has 0 aromatic carbocycles. The summed E-state index contributed by atoms with van der Waals surface area (Å²) in [6.45, 7) is 20.0. The Hall–Kier alpha value is 0.0738. The summed E-state index contributed by atoms with van der Waals surface area (Å²) in [5.74, 6) is 0. The number of hydrogen-bond donors (Lipinski definition) is 0. The Kier molecular flexibility index (Phi) is 20.6. The van der Waals surface area contributed by atoms with Gasteiger partial charge in [-0.3, -0.25) is 0 Å². The molecule has 9 nitrogen and oxygen atoms in total. The predicted octanol–water partition coefficient (Wildman–Crippen LogP) is 3.60. The highest BCUT2D eigenvalue weighted by Crippen LogP contribution is 2.14. The van der Waals surface area contributed by atoms with Gasteiger partial charge in [-0.05, 0) is 48.5 Å². The minimum absolute atomic E-state index is 0.503. The summed E-state index contributed by atoms with van der Waals surface area (Å²) in [6.07, 6.45) is 0. The normalized spacial score (nSPS) is 12.2. The zero-order valence-corrected chi connectivity index (χ0v) is 21.2. The maximum Gasteiger partial charge on any atom is 0.526 e. The van der Waals surface area contributed by atoms with E-state index in [1.165, 1.54) is 0 Å². The van der Waals surface area contributed by atoms with E-state index in [-0.39, 0.29) is 0 Å². The van der Waals surface area contributed by atoms with Gasteiger partial charge < -0.3 is 31.6 Å². The summed E-state index contributed by atoms with van der Waals surface area (Å²) in [6, 6.07) is 0. The molecule has 172 valence electrons. The molecule has 0 bridgehead atoms. The molecule has 11 heteroatoms. The molecule has 0 aliphatic rings. The topological polar surface area (TPSA) is 83.1 Å². The summed E-state index contributed by atoms with van der Waals surface area (Å²) in [5, 5.41) is 0. The molecule has 0 fully saturated rings. The van der Waals surface area contributed by atoms with E-state index in [0.29, 0.717) is 46.2 Å². The third-order valence-corrected chi connectivity index (χ3v) is 7.16. The molecular formula is C17H42O9Si2. The fraction of sp³-hybridized carbons (Fsp3) is 1.00. The van der Waals surface area contributed by atoms with Crippen LogP contribution in [0, 0.1) is 0 Å². The number of ether oxygens (including phenoxy) is 2. The quantitative estimate of drug-likeness (QED) is 0.144. The SMILES string of the molecule is CCOC(OCC)O[Si](C)(OCC)OCC.CCOO[Si](C)(OCC)OCC. The van der Waals surface area contributed by atoms with E-state index < -0.39 is 24.1 Å². The van der Waals surface area contributed by atoms with Crippen LogP contribution in [-0.4, -0.2) is 70.3 Å². The first-order valence-corrected chi connectivity index (χ1v) is 14.5. The molecule has 0 aliphatic carbocycles. The van der Waals surface area contributed by atoms with E-state index in [0.717, 1.165) is 0 Å². The Balaban J connectivity index is 0. The fourth-order valence-corrected chi connectivity index (χ4v) is 5.29. The van der Waals surface area contributed by atoms with Crippen LogP contribution >= 0.6 is 0 Å². The first-order valence-electron chi connectivity index (χ1n) is 10.1. The molecule has 0 N–H and O–H groups in total. The maximum atomic E-state index is 5.65. The molecule has 0 saturated heterocycles. The zero-order chi connectivity index (χ0) is 21.9. The summed E-state index contributed by atoms with van der Waals surface area (Å²) in [7, 11) is -5.13. The summed E-state index contributed by atoms with van der Waals surface area (Å²) >= 11 is 0. The average Bonchev–Trinajstić information content (AvgIpc) is 2.62. The van der Waals surface area contributed by atoms with Crippen molar-refractivity contribution in [3.05, 3.63) is 0 Å². The van der Waals surface area contributed by atoms with Gasteiger partial charge in [0.1, 0.15) is 0 Å². The average molecular weight is 447 g/mol. The second kappa shape index (κ2) is 19.1. The van der Waals surface area contributed by atoms with Gasteiger partial charge in [-0.1, -0.05) is 0 Å². The molecule has 0 heterocycles. The largest absolute Gasteiger partial charge is 0.526 e. The number of hydrogen-bond acceptors (Lipinski definition) is 9. The molecule has 0 radical (unpaired) electrons. The van der Waals surface area contributed by atoms with Crippen LogP contribution in [0.25, 0.3) is 0 Å². The van der Waals surface area contributed by atoms with E-state index in [1.807, 2.05) is 61.6 Å². The van der Waals surface area contributed by atoms with Crippen LogP contribution in [0.5, 0.6) is 0 Å². The molecule has 28 heavy (non-hydrogen) atoms. The van der Waals surface area contributed by atoms with E-state index in [4.69, 9.17) is 41.1 Å². The van der Waals surface area contributed by atoms with Crippen molar-refractivity contribution in [2.24, 2.45) is 0 Å². The molecule has 0 rings (SSSR count). The van der Waals surface area contributed by atoms with Crippen LogP contribution < -0.4 is 0 Å². The molecule has 0 unspecified atom stereocenters. The van der Waals surface area contributed by atoms with Gasteiger partial charge in [-0.25, -0.2) is 9.46 Å². The Morgan fingerprint density at radius 2 is 0.929 bits per heavy atom. The molecule has 0 aromatic rings. The second-order valence-corrected chi connectivity index (χ2v) is 10.3. The Labute approximate surface area is 173 Å².